The molecule has 0 unspecified atom stereocenters. The molecule has 4 atom stereocenters. The summed E-state index contributed by atoms with van der Waals surface area (Å²) in [5, 5.41) is 15.9. The van der Waals surface area contributed by atoms with Crippen LogP contribution in [0.1, 0.15) is 68.2 Å². The first kappa shape index (κ1) is 42.8. The number of nitrogens with zero attached hydrogens (tertiary/aromatic N) is 5. The molecule has 0 radical (unpaired) electrons. The molecule has 2 aliphatic rings. The summed E-state index contributed by atoms with van der Waals surface area (Å²) in [6.07, 6.45) is 2.93. The van der Waals surface area contributed by atoms with Gasteiger partial charge in [-0.25, -0.2) is 24.4 Å². The van der Waals surface area contributed by atoms with E-state index in [0.29, 0.717) is 60.0 Å². The van der Waals surface area contributed by atoms with E-state index in [9.17, 15) is 19.2 Å². The number of fused-ring (bicyclic) bond motifs is 1. The van der Waals surface area contributed by atoms with E-state index < -0.39 is 35.7 Å². The molecule has 4 aromatic rings. The van der Waals surface area contributed by atoms with E-state index >= 15 is 0 Å². The van der Waals surface area contributed by atoms with Gasteiger partial charge in [-0.2, -0.15) is 4.98 Å². The van der Waals surface area contributed by atoms with Crippen molar-refractivity contribution in [2.45, 2.75) is 90.6 Å². The molecule has 1 aromatic carbocycles. The van der Waals surface area contributed by atoms with Crippen LogP contribution in [0.4, 0.5) is 15.7 Å². The van der Waals surface area contributed by atoms with E-state index in [1.165, 1.54) is 12.0 Å². The monoisotopic (exact) mass is 801 g/mol. The summed E-state index contributed by atoms with van der Waals surface area (Å²) in [5.41, 5.74) is 6.53. The van der Waals surface area contributed by atoms with Crippen LogP contribution >= 0.6 is 23.7 Å². The Morgan fingerprint density at radius 3 is 2.56 bits per heavy atom. The molecule has 55 heavy (non-hydrogen) atoms. The number of ether oxygens (including phenoxy) is 3. The summed E-state index contributed by atoms with van der Waals surface area (Å²) >= 11 is 1.12. The van der Waals surface area contributed by atoms with Gasteiger partial charge in [0.1, 0.15) is 22.3 Å². The number of nitrogens with two attached hydrogens (primary N) is 1. The summed E-state index contributed by atoms with van der Waals surface area (Å²) in [6, 6.07) is 6.59. The summed E-state index contributed by atoms with van der Waals surface area (Å²) in [5.74, 6) is 0.671. The molecule has 3 aromatic heterocycles. The number of esters is 2. The van der Waals surface area contributed by atoms with Crippen LogP contribution in [0.3, 0.4) is 0 Å². The number of rotatable bonds is 9. The topological polar surface area (TPSA) is 226 Å². The smallest absolute Gasteiger partial charge is 0.411 e. The van der Waals surface area contributed by atoms with Crippen LogP contribution < -0.4 is 21.7 Å². The lowest BCUT2D eigenvalue weighted by Gasteiger charge is -2.27. The molecule has 0 spiro atoms. The number of carbonyl (C=O) groups is 4. The first-order valence-corrected chi connectivity index (χ1v) is 18.4. The van der Waals surface area contributed by atoms with Gasteiger partial charge in [-0.3, -0.25) is 9.69 Å². The molecule has 298 valence electrons. The Hall–Kier alpha value is -4.91. The van der Waals surface area contributed by atoms with E-state index in [1.807, 2.05) is 31.2 Å². The van der Waals surface area contributed by atoms with Gasteiger partial charge in [0.15, 0.2) is 5.13 Å². The number of thiazole rings is 1. The van der Waals surface area contributed by atoms with Crippen LogP contribution in [-0.2, 0) is 23.8 Å². The Balaban J connectivity index is 0.000000316. The van der Waals surface area contributed by atoms with E-state index in [1.54, 1.807) is 40.8 Å². The molecule has 17 nitrogen and oxygen atoms in total. The van der Waals surface area contributed by atoms with Gasteiger partial charge < -0.3 is 40.4 Å². The molecule has 5 heterocycles. The van der Waals surface area contributed by atoms with Gasteiger partial charge >= 0.3 is 18.0 Å². The molecule has 19 heteroatoms. The molecule has 0 bridgehead atoms. The van der Waals surface area contributed by atoms with Crippen LogP contribution in [0.15, 0.2) is 35.0 Å². The largest absolute Gasteiger partial charge is 0.467 e. The minimum absolute atomic E-state index is 0. The number of aromatic nitrogens is 4. The summed E-state index contributed by atoms with van der Waals surface area (Å²) in [4.78, 5) is 63.4. The molecule has 6 rings (SSSR count). The highest BCUT2D eigenvalue weighted by Gasteiger charge is 2.41. The van der Waals surface area contributed by atoms with Crippen molar-refractivity contribution in [1.29, 1.82) is 0 Å². The van der Waals surface area contributed by atoms with Gasteiger partial charge in [0.2, 0.25) is 17.6 Å². The minimum atomic E-state index is -0.634. The zero-order valence-electron chi connectivity index (χ0n) is 31.8. The fourth-order valence-corrected chi connectivity index (χ4v) is 6.78. The third-order valence-electron chi connectivity index (χ3n) is 8.42. The van der Waals surface area contributed by atoms with Gasteiger partial charge in [0.05, 0.1) is 25.5 Å². The van der Waals surface area contributed by atoms with E-state index in [0.717, 1.165) is 39.9 Å². The Bertz CT molecular complexity index is 1980. The number of methoxy groups -OCH3 is 1. The molecule has 2 saturated heterocycles. The first-order chi connectivity index (χ1) is 25.6. The van der Waals surface area contributed by atoms with Gasteiger partial charge in [-0.05, 0) is 64.5 Å². The van der Waals surface area contributed by atoms with Gasteiger partial charge in [-0.15, -0.1) is 12.4 Å². The maximum atomic E-state index is 12.9. The number of aryl methyl sites for hydroxylation is 2. The lowest BCUT2D eigenvalue weighted by atomic mass is 10.1. The number of anilines is 2. The number of amides is 2. The molecule has 0 aliphatic carbocycles. The standard InChI is InChI=1S/C25H27N7O4S.C11H20N2O4.ClH/c1-4-9-35-24(34)20-13(2)28-25(37-20)31-23(33)19-11-17(12-27-19)30-22-18-10-16(21-29-14(3)36-32-21)6-5-15(18)7-8-26-22;1-11(2,3)17-10(15)13-6-7(12)5-8(13)9(14)16-4;/h5-8,10,17,19,27H,4,9,11-12H2,1-3H3,(H,26,30)(H,28,31,33);7-8H,5-6,12H2,1-4H3;1H/t17-,19-;7-,8-;/m00./s1. The van der Waals surface area contributed by atoms with Crippen molar-refractivity contribution < 1.29 is 37.9 Å². The third kappa shape index (κ3) is 11.1. The SMILES string of the molecule is CCCOC(=O)c1sc(NC(=O)[C@@H]2C[C@H](Nc3nccc4ccc(-c5noc(C)n5)cc34)CN2)nc1C.COC(=O)[C@@H]1C[C@H](N)CN1C(=O)OC(C)(C)C.Cl. The second-order valence-corrected chi connectivity index (χ2v) is 15.0. The Kier molecular flexibility index (Phi) is 14.5. The average molecular weight is 802 g/mol. The molecule has 2 aliphatic heterocycles. The van der Waals surface area contributed by atoms with E-state index in [4.69, 9.17) is 19.7 Å². The highest BCUT2D eigenvalue weighted by molar-refractivity contribution is 7.17. The minimum Gasteiger partial charge on any atom is -0.467 e. The van der Waals surface area contributed by atoms with Crippen molar-refractivity contribution in [3.8, 4) is 11.4 Å². The number of hydrogen-bond acceptors (Lipinski definition) is 16. The number of pyridine rings is 1. The van der Waals surface area contributed by atoms with Crippen molar-refractivity contribution >= 4 is 69.4 Å². The molecule has 2 amide bonds. The van der Waals surface area contributed by atoms with E-state index in [-0.39, 0.29) is 30.4 Å². The molecule has 2 fully saturated rings. The Morgan fingerprint density at radius 2 is 1.89 bits per heavy atom. The van der Waals surface area contributed by atoms with Crippen molar-refractivity contribution in [3.63, 3.8) is 0 Å². The van der Waals surface area contributed by atoms with Crippen LogP contribution in [0.25, 0.3) is 22.2 Å². The maximum absolute atomic E-state index is 12.9. The van der Waals surface area contributed by atoms with Crippen molar-refractivity contribution in [3.05, 3.63) is 46.9 Å². The van der Waals surface area contributed by atoms with Crippen molar-refractivity contribution in [1.82, 2.24) is 30.3 Å². The lowest BCUT2D eigenvalue weighted by Crippen LogP contribution is -2.44. The fourth-order valence-electron chi connectivity index (χ4n) is 5.92. The van der Waals surface area contributed by atoms with Crippen molar-refractivity contribution in [2.75, 3.05) is 37.4 Å². The fraction of sp³-hybridized carbons (Fsp3) is 0.500. The number of halogens is 1. The normalized spacial score (nSPS) is 19.2. The summed E-state index contributed by atoms with van der Waals surface area (Å²) in [6.45, 7) is 12.0. The lowest BCUT2D eigenvalue weighted by molar-refractivity contribution is -0.145. The van der Waals surface area contributed by atoms with E-state index in [2.05, 4.69) is 40.8 Å². The number of hydrogen-bond donors (Lipinski definition) is 4. The molecule has 5 N–H and O–H groups in total. The number of likely N-dealkylation sites (tertiary alicyclic amines) is 1. The molecular formula is C36H48ClN9O8S. The predicted octanol–water partition coefficient (Wildman–Crippen LogP) is 4.62. The van der Waals surface area contributed by atoms with Crippen LogP contribution in [-0.4, -0.2) is 106 Å². The Labute approximate surface area is 328 Å². The average Bonchev–Trinajstić information content (AvgIpc) is 3.94. The van der Waals surface area contributed by atoms with Gasteiger partial charge in [0, 0.05) is 49.2 Å². The van der Waals surface area contributed by atoms with Crippen LogP contribution in [0, 0.1) is 13.8 Å². The predicted molar refractivity (Wildman–Crippen MR) is 208 cm³/mol. The Morgan fingerprint density at radius 1 is 1.13 bits per heavy atom. The number of benzene rings is 1. The summed E-state index contributed by atoms with van der Waals surface area (Å²) in [7, 11) is 1.29. The third-order valence-corrected chi connectivity index (χ3v) is 9.48. The molecular weight excluding hydrogens is 754 g/mol. The zero-order valence-corrected chi connectivity index (χ0v) is 33.5. The summed E-state index contributed by atoms with van der Waals surface area (Å²) < 4.78 is 20.2. The van der Waals surface area contributed by atoms with Crippen LogP contribution in [0.5, 0.6) is 0 Å². The second-order valence-electron chi connectivity index (χ2n) is 14.0. The van der Waals surface area contributed by atoms with Gasteiger partial charge in [0.25, 0.3) is 0 Å². The molecule has 0 saturated carbocycles. The quantitative estimate of drug-likeness (QED) is 0.134. The first-order valence-electron chi connectivity index (χ1n) is 17.6. The highest BCUT2D eigenvalue weighted by atomic mass is 35.5. The second kappa shape index (κ2) is 18.6. The van der Waals surface area contributed by atoms with Crippen molar-refractivity contribution in [2.24, 2.45) is 5.73 Å². The van der Waals surface area contributed by atoms with Crippen LogP contribution in [0.2, 0.25) is 0 Å². The number of carbonyl (C=O) groups excluding carboxylic acids is 4. The highest BCUT2D eigenvalue weighted by Crippen LogP contribution is 2.29. The van der Waals surface area contributed by atoms with Gasteiger partial charge in [-0.1, -0.05) is 35.5 Å². The maximum Gasteiger partial charge on any atom is 0.411 e. The number of nitrogens with one attached hydrogen (secondary N) is 3. The zero-order chi connectivity index (χ0) is 39.2.